The van der Waals surface area contributed by atoms with Gasteiger partial charge < -0.3 is 10.1 Å². The Hall–Kier alpha value is -1.25. The Labute approximate surface area is 98.2 Å². The number of ether oxygens (including phenoxy) is 1. The molecule has 0 aliphatic heterocycles. The van der Waals surface area contributed by atoms with E-state index in [1.807, 2.05) is 26.0 Å². The summed E-state index contributed by atoms with van der Waals surface area (Å²) in [6, 6.07) is 3.83. The fourth-order valence-electron chi connectivity index (χ4n) is 1.22. The second-order valence-electron chi connectivity index (χ2n) is 5.43. The summed E-state index contributed by atoms with van der Waals surface area (Å²) in [4.78, 5) is 4.30. The molecule has 1 aromatic heterocycles. The monoisotopic (exact) mass is 222 g/mol. The first-order valence-corrected chi connectivity index (χ1v) is 5.74. The molecular weight excluding hydrogens is 200 g/mol. The lowest BCUT2D eigenvalue weighted by atomic mass is 9.97. The molecule has 0 fully saturated rings. The molecule has 0 aliphatic rings. The van der Waals surface area contributed by atoms with Crippen LogP contribution in [0.2, 0.25) is 0 Å². The lowest BCUT2D eigenvalue weighted by Gasteiger charge is -2.21. The summed E-state index contributed by atoms with van der Waals surface area (Å²) >= 11 is 0. The van der Waals surface area contributed by atoms with E-state index in [2.05, 4.69) is 31.1 Å². The second-order valence-corrected chi connectivity index (χ2v) is 5.43. The molecular formula is C13H22N2O. The van der Waals surface area contributed by atoms with E-state index in [9.17, 15) is 0 Å². The molecule has 0 saturated heterocycles. The van der Waals surface area contributed by atoms with Gasteiger partial charge in [0.15, 0.2) is 11.6 Å². The zero-order valence-electron chi connectivity index (χ0n) is 10.9. The van der Waals surface area contributed by atoms with Crippen LogP contribution in [0, 0.1) is 5.41 Å². The summed E-state index contributed by atoms with van der Waals surface area (Å²) in [5.41, 5.74) is 0.229. The van der Waals surface area contributed by atoms with Crippen molar-refractivity contribution in [3.63, 3.8) is 0 Å². The summed E-state index contributed by atoms with van der Waals surface area (Å²) in [6.07, 6.45) is 1.94. The Morgan fingerprint density at radius 2 is 2.06 bits per heavy atom. The van der Waals surface area contributed by atoms with Crippen LogP contribution in [0.1, 0.15) is 34.6 Å². The molecule has 0 atom stereocenters. The maximum absolute atomic E-state index is 5.69. The van der Waals surface area contributed by atoms with Crippen molar-refractivity contribution in [3.8, 4) is 5.75 Å². The van der Waals surface area contributed by atoms with E-state index < -0.39 is 0 Å². The van der Waals surface area contributed by atoms with Gasteiger partial charge in [0, 0.05) is 12.7 Å². The quantitative estimate of drug-likeness (QED) is 0.848. The normalized spacial score (nSPS) is 11.6. The van der Waals surface area contributed by atoms with Crippen molar-refractivity contribution in [1.29, 1.82) is 0 Å². The highest BCUT2D eigenvalue weighted by atomic mass is 16.5. The van der Waals surface area contributed by atoms with E-state index in [1.54, 1.807) is 6.20 Å². The number of nitrogens with one attached hydrogen (secondary N) is 1. The largest absolute Gasteiger partial charge is 0.487 e. The minimum absolute atomic E-state index is 0.166. The zero-order chi connectivity index (χ0) is 12.2. The number of rotatable bonds is 4. The number of hydrogen-bond acceptors (Lipinski definition) is 3. The maximum Gasteiger partial charge on any atom is 0.168 e. The minimum atomic E-state index is 0.166. The molecule has 90 valence electrons. The molecule has 0 aromatic carbocycles. The van der Waals surface area contributed by atoms with E-state index in [4.69, 9.17) is 4.74 Å². The highest BCUT2D eigenvalue weighted by Crippen LogP contribution is 2.23. The number of anilines is 1. The van der Waals surface area contributed by atoms with Crippen LogP contribution in [0.4, 0.5) is 5.82 Å². The van der Waals surface area contributed by atoms with Gasteiger partial charge in [-0.05, 0) is 31.4 Å². The van der Waals surface area contributed by atoms with Gasteiger partial charge in [0.1, 0.15) is 0 Å². The SMILES string of the molecule is CC(C)Oc1cccnc1NCC(C)(C)C. The number of hydrogen-bond donors (Lipinski definition) is 1. The Morgan fingerprint density at radius 3 is 2.62 bits per heavy atom. The average Bonchev–Trinajstić information content (AvgIpc) is 2.14. The van der Waals surface area contributed by atoms with E-state index in [0.717, 1.165) is 18.1 Å². The van der Waals surface area contributed by atoms with Crippen molar-refractivity contribution in [2.75, 3.05) is 11.9 Å². The Kier molecular flexibility index (Phi) is 4.16. The Balaban J connectivity index is 2.71. The zero-order valence-corrected chi connectivity index (χ0v) is 10.9. The van der Waals surface area contributed by atoms with Gasteiger partial charge in [-0.15, -0.1) is 0 Å². The molecule has 1 rings (SSSR count). The Morgan fingerprint density at radius 1 is 1.38 bits per heavy atom. The predicted molar refractivity (Wildman–Crippen MR) is 67.9 cm³/mol. The summed E-state index contributed by atoms with van der Waals surface area (Å²) in [6.45, 7) is 11.5. The van der Waals surface area contributed by atoms with E-state index in [-0.39, 0.29) is 11.5 Å². The van der Waals surface area contributed by atoms with Gasteiger partial charge >= 0.3 is 0 Å². The molecule has 16 heavy (non-hydrogen) atoms. The van der Waals surface area contributed by atoms with Crippen molar-refractivity contribution in [2.45, 2.75) is 40.7 Å². The van der Waals surface area contributed by atoms with Gasteiger partial charge in [-0.3, -0.25) is 0 Å². The van der Waals surface area contributed by atoms with Gasteiger partial charge in [0.2, 0.25) is 0 Å². The summed E-state index contributed by atoms with van der Waals surface area (Å²) in [5, 5.41) is 3.32. The van der Waals surface area contributed by atoms with Crippen LogP contribution in [-0.2, 0) is 0 Å². The van der Waals surface area contributed by atoms with Crippen LogP contribution in [0.15, 0.2) is 18.3 Å². The van der Waals surface area contributed by atoms with Crippen molar-refractivity contribution in [3.05, 3.63) is 18.3 Å². The molecule has 1 N–H and O–H groups in total. The van der Waals surface area contributed by atoms with Gasteiger partial charge in [-0.25, -0.2) is 4.98 Å². The van der Waals surface area contributed by atoms with E-state index >= 15 is 0 Å². The average molecular weight is 222 g/mol. The maximum atomic E-state index is 5.69. The molecule has 0 amide bonds. The number of pyridine rings is 1. The van der Waals surface area contributed by atoms with Crippen LogP contribution >= 0.6 is 0 Å². The molecule has 0 aliphatic carbocycles. The lowest BCUT2D eigenvalue weighted by Crippen LogP contribution is -2.20. The molecule has 0 radical (unpaired) electrons. The first-order chi connectivity index (χ1) is 7.38. The van der Waals surface area contributed by atoms with Crippen molar-refractivity contribution in [2.24, 2.45) is 5.41 Å². The van der Waals surface area contributed by atoms with Crippen LogP contribution in [0.3, 0.4) is 0 Å². The van der Waals surface area contributed by atoms with Gasteiger partial charge in [-0.2, -0.15) is 0 Å². The van der Waals surface area contributed by atoms with Crippen LogP contribution < -0.4 is 10.1 Å². The van der Waals surface area contributed by atoms with Crippen molar-refractivity contribution < 1.29 is 4.74 Å². The summed E-state index contributed by atoms with van der Waals surface area (Å²) < 4.78 is 5.69. The summed E-state index contributed by atoms with van der Waals surface area (Å²) in [5.74, 6) is 1.65. The molecule has 1 aromatic rings. The minimum Gasteiger partial charge on any atom is -0.487 e. The smallest absolute Gasteiger partial charge is 0.168 e. The Bertz CT molecular complexity index is 329. The molecule has 0 spiro atoms. The fraction of sp³-hybridized carbons (Fsp3) is 0.615. The standard InChI is InChI=1S/C13H22N2O/c1-10(2)16-11-7-6-8-14-12(11)15-9-13(3,4)5/h6-8,10H,9H2,1-5H3,(H,14,15). The molecule has 3 nitrogen and oxygen atoms in total. The molecule has 0 unspecified atom stereocenters. The van der Waals surface area contributed by atoms with Crippen LogP contribution in [0.25, 0.3) is 0 Å². The van der Waals surface area contributed by atoms with E-state index in [1.165, 1.54) is 0 Å². The third-order valence-corrected chi connectivity index (χ3v) is 1.92. The molecule has 1 heterocycles. The van der Waals surface area contributed by atoms with Gasteiger partial charge in [-0.1, -0.05) is 20.8 Å². The third kappa shape index (κ3) is 4.51. The predicted octanol–water partition coefficient (Wildman–Crippen LogP) is 3.33. The van der Waals surface area contributed by atoms with Crippen molar-refractivity contribution in [1.82, 2.24) is 4.98 Å². The van der Waals surface area contributed by atoms with E-state index in [0.29, 0.717) is 0 Å². The topological polar surface area (TPSA) is 34.1 Å². The van der Waals surface area contributed by atoms with Crippen molar-refractivity contribution >= 4 is 5.82 Å². The first-order valence-electron chi connectivity index (χ1n) is 5.74. The van der Waals surface area contributed by atoms with Gasteiger partial charge in [0.05, 0.1) is 6.10 Å². The summed E-state index contributed by atoms with van der Waals surface area (Å²) in [7, 11) is 0. The molecule has 0 saturated carbocycles. The number of nitrogens with zero attached hydrogens (tertiary/aromatic N) is 1. The molecule has 3 heteroatoms. The number of aromatic nitrogens is 1. The van der Waals surface area contributed by atoms with Gasteiger partial charge in [0.25, 0.3) is 0 Å². The lowest BCUT2D eigenvalue weighted by molar-refractivity contribution is 0.242. The first kappa shape index (κ1) is 12.8. The molecule has 0 bridgehead atoms. The highest BCUT2D eigenvalue weighted by Gasteiger charge is 2.12. The fourth-order valence-corrected chi connectivity index (χ4v) is 1.22. The van der Waals surface area contributed by atoms with Crippen LogP contribution in [-0.4, -0.2) is 17.6 Å². The third-order valence-electron chi connectivity index (χ3n) is 1.92. The second kappa shape index (κ2) is 5.19. The van der Waals surface area contributed by atoms with Crippen LogP contribution in [0.5, 0.6) is 5.75 Å². The highest BCUT2D eigenvalue weighted by molar-refractivity contribution is 5.49.